The Morgan fingerprint density at radius 3 is 1.93 bits per heavy atom. The Bertz CT molecular complexity index is 954. The molecule has 29 heavy (non-hydrogen) atoms. The van der Waals surface area contributed by atoms with Crippen LogP contribution in [0, 0.1) is 23.3 Å². The summed E-state index contributed by atoms with van der Waals surface area (Å²) in [6, 6.07) is 4.32. The molecule has 0 aliphatic heterocycles. The van der Waals surface area contributed by atoms with Crippen LogP contribution in [0.1, 0.15) is 29.2 Å². The third-order valence-corrected chi connectivity index (χ3v) is 4.33. The maximum Gasteiger partial charge on any atom is 0.422 e. The molecule has 0 heterocycles. The SMILES string of the molecule is CC(=O)Cc1ccc(Cl)c(CC(=O)Cc2c(F)c(F)c(C(F)(F)F)c(F)c2F)c1. The quantitative estimate of drug-likeness (QED) is 0.445. The fraction of sp³-hybridized carbons (Fsp3) is 0.263. The second-order valence-electron chi connectivity index (χ2n) is 6.30. The molecule has 0 aliphatic carbocycles. The van der Waals surface area contributed by atoms with E-state index >= 15 is 0 Å². The average molecular weight is 441 g/mol. The summed E-state index contributed by atoms with van der Waals surface area (Å²) in [6.07, 6.45) is -7.34. The van der Waals surface area contributed by atoms with Gasteiger partial charge in [0, 0.05) is 29.8 Å². The van der Waals surface area contributed by atoms with Crippen LogP contribution < -0.4 is 0 Å². The van der Waals surface area contributed by atoms with Crippen molar-refractivity contribution >= 4 is 23.2 Å². The van der Waals surface area contributed by atoms with E-state index in [9.17, 15) is 40.3 Å². The molecule has 2 aromatic carbocycles. The van der Waals surface area contributed by atoms with Gasteiger partial charge in [-0.25, -0.2) is 17.6 Å². The summed E-state index contributed by atoms with van der Waals surface area (Å²) in [5.41, 5.74) is -3.46. The normalized spacial score (nSPS) is 11.6. The third-order valence-electron chi connectivity index (χ3n) is 3.96. The highest BCUT2D eigenvalue weighted by atomic mass is 35.5. The molecule has 2 rings (SSSR count). The topological polar surface area (TPSA) is 34.1 Å². The molecule has 0 bridgehead atoms. The summed E-state index contributed by atoms with van der Waals surface area (Å²) in [5.74, 6) is -11.0. The van der Waals surface area contributed by atoms with E-state index in [0.29, 0.717) is 5.56 Å². The second kappa shape index (κ2) is 8.52. The van der Waals surface area contributed by atoms with Crippen molar-refractivity contribution in [2.24, 2.45) is 0 Å². The Morgan fingerprint density at radius 1 is 0.897 bits per heavy atom. The number of halogens is 8. The van der Waals surface area contributed by atoms with Crippen molar-refractivity contribution in [3.05, 3.63) is 68.7 Å². The Labute approximate surface area is 165 Å². The molecule has 0 aromatic heterocycles. The van der Waals surface area contributed by atoms with Crippen LogP contribution >= 0.6 is 11.6 Å². The van der Waals surface area contributed by atoms with Crippen molar-refractivity contribution in [1.29, 1.82) is 0 Å². The number of carbonyl (C=O) groups is 2. The number of rotatable bonds is 6. The third kappa shape index (κ3) is 5.14. The molecule has 0 N–H and O–H groups in total. The van der Waals surface area contributed by atoms with Crippen LogP contribution in [0.5, 0.6) is 0 Å². The van der Waals surface area contributed by atoms with E-state index in [1.165, 1.54) is 25.1 Å². The Hall–Kier alpha value is -2.42. The minimum absolute atomic E-state index is 0.0386. The van der Waals surface area contributed by atoms with Gasteiger partial charge >= 0.3 is 6.18 Å². The molecule has 0 radical (unpaired) electrons. The van der Waals surface area contributed by atoms with Gasteiger partial charge in [0.05, 0.1) is 0 Å². The lowest BCUT2D eigenvalue weighted by atomic mass is 9.98. The molecule has 156 valence electrons. The molecule has 2 aromatic rings. The van der Waals surface area contributed by atoms with Gasteiger partial charge in [-0.2, -0.15) is 13.2 Å². The van der Waals surface area contributed by atoms with Crippen molar-refractivity contribution in [3.63, 3.8) is 0 Å². The first-order valence-corrected chi connectivity index (χ1v) is 8.41. The number of ketones is 2. The standard InChI is InChI=1S/C19H12ClF7O2/c1-8(28)4-9-2-3-13(20)10(5-9)6-11(29)7-12-15(21)17(23)14(19(25,26)27)18(24)16(12)22/h2-3,5H,4,6-7H2,1H3. The number of Topliss-reactive ketones (excluding diaryl/α,β-unsaturated/α-hetero) is 2. The van der Waals surface area contributed by atoms with Gasteiger partial charge < -0.3 is 0 Å². The minimum Gasteiger partial charge on any atom is -0.300 e. The fourth-order valence-electron chi connectivity index (χ4n) is 2.71. The van der Waals surface area contributed by atoms with Crippen LogP contribution in [-0.2, 0) is 35.0 Å². The second-order valence-corrected chi connectivity index (χ2v) is 6.71. The lowest BCUT2D eigenvalue weighted by molar-refractivity contribution is -0.143. The van der Waals surface area contributed by atoms with Crippen LogP contribution in [0.25, 0.3) is 0 Å². The van der Waals surface area contributed by atoms with Gasteiger partial charge in [-0.15, -0.1) is 0 Å². The predicted octanol–water partition coefficient (Wildman–Crippen LogP) is 5.40. The maximum absolute atomic E-state index is 13.9. The molecular weight excluding hydrogens is 429 g/mol. The van der Waals surface area contributed by atoms with Crippen molar-refractivity contribution in [2.75, 3.05) is 0 Å². The van der Waals surface area contributed by atoms with Gasteiger partial charge in [-0.1, -0.05) is 23.7 Å². The molecule has 0 aliphatic rings. The number of benzene rings is 2. The number of alkyl halides is 3. The fourth-order valence-corrected chi connectivity index (χ4v) is 2.90. The monoisotopic (exact) mass is 440 g/mol. The van der Waals surface area contributed by atoms with Gasteiger partial charge in [0.15, 0.2) is 23.3 Å². The van der Waals surface area contributed by atoms with E-state index in [4.69, 9.17) is 11.6 Å². The molecule has 0 saturated carbocycles. The number of hydrogen-bond donors (Lipinski definition) is 0. The van der Waals surface area contributed by atoms with Crippen LogP contribution in [0.2, 0.25) is 5.02 Å². The smallest absolute Gasteiger partial charge is 0.300 e. The van der Waals surface area contributed by atoms with Gasteiger partial charge in [-0.3, -0.25) is 9.59 Å². The van der Waals surface area contributed by atoms with E-state index in [-0.39, 0.29) is 22.8 Å². The highest BCUT2D eigenvalue weighted by Crippen LogP contribution is 2.37. The van der Waals surface area contributed by atoms with Gasteiger partial charge in [0.1, 0.15) is 17.1 Å². The molecule has 0 fully saturated rings. The number of hydrogen-bond acceptors (Lipinski definition) is 2. The van der Waals surface area contributed by atoms with Crippen LogP contribution in [0.3, 0.4) is 0 Å². The molecular formula is C19H12ClF7O2. The summed E-state index contributed by atoms with van der Waals surface area (Å²) in [6.45, 7) is 1.33. The molecule has 0 amide bonds. The molecule has 0 spiro atoms. The zero-order chi connectivity index (χ0) is 22.1. The maximum atomic E-state index is 13.9. The average Bonchev–Trinajstić information content (AvgIpc) is 2.58. The summed E-state index contributed by atoms with van der Waals surface area (Å²) < 4.78 is 93.0. The van der Waals surface area contributed by atoms with E-state index < -0.39 is 59.2 Å². The van der Waals surface area contributed by atoms with Crippen LogP contribution in [-0.4, -0.2) is 11.6 Å². The molecule has 10 heteroatoms. The summed E-state index contributed by atoms with van der Waals surface area (Å²) in [4.78, 5) is 23.3. The lowest BCUT2D eigenvalue weighted by Gasteiger charge is -2.14. The first-order chi connectivity index (χ1) is 13.3. The summed E-state index contributed by atoms with van der Waals surface area (Å²) in [5, 5.41) is 0.0939. The van der Waals surface area contributed by atoms with Gasteiger partial charge in [-0.05, 0) is 24.1 Å². The van der Waals surface area contributed by atoms with Crippen LogP contribution in [0.4, 0.5) is 30.7 Å². The van der Waals surface area contributed by atoms with Crippen molar-refractivity contribution in [1.82, 2.24) is 0 Å². The Kier molecular flexibility index (Phi) is 6.72. The first kappa shape index (κ1) is 22.9. The molecule has 0 saturated heterocycles. The van der Waals surface area contributed by atoms with Crippen molar-refractivity contribution in [3.8, 4) is 0 Å². The highest BCUT2D eigenvalue weighted by Gasteiger charge is 2.42. The first-order valence-electron chi connectivity index (χ1n) is 8.03. The van der Waals surface area contributed by atoms with Gasteiger partial charge in [0.25, 0.3) is 0 Å². The zero-order valence-corrected chi connectivity index (χ0v) is 15.4. The lowest BCUT2D eigenvalue weighted by Crippen LogP contribution is -2.19. The summed E-state index contributed by atoms with van der Waals surface area (Å²) in [7, 11) is 0. The predicted molar refractivity (Wildman–Crippen MR) is 89.5 cm³/mol. The van der Waals surface area contributed by atoms with E-state index in [1.54, 1.807) is 0 Å². The van der Waals surface area contributed by atoms with E-state index in [2.05, 4.69) is 0 Å². The van der Waals surface area contributed by atoms with E-state index in [0.717, 1.165) is 0 Å². The van der Waals surface area contributed by atoms with Gasteiger partial charge in [0.2, 0.25) is 0 Å². The molecule has 0 unspecified atom stereocenters. The van der Waals surface area contributed by atoms with Crippen molar-refractivity contribution in [2.45, 2.75) is 32.4 Å². The van der Waals surface area contributed by atoms with Crippen molar-refractivity contribution < 1.29 is 40.3 Å². The summed E-state index contributed by atoms with van der Waals surface area (Å²) >= 11 is 5.93. The van der Waals surface area contributed by atoms with Crippen LogP contribution in [0.15, 0.2) is 18.2 Å². The van der Waals surface area contributed by atoms with E-state index in [1.807, 2.05) is 0 Å². The Balaban J connectivity index is 2.34. The largest absolute Gasteiger partial charge is 0.422 e. The molecule has 0 atom stereocenters. The minimum atomic E-state index is -5.66. The molecule has 2 nitrogen and oxygen atoms in total. The zero-order valence-electron chi connectivity index (χ0n) is 14.7. The number of carbonyl (C=O) groups excluding carboxylic acids is 2. The Morgan fingerprint density at radius 2 is 1.45 bits per heavy atom. The highest BCUT2D eigenvalue weighted by molar-refractivity contribution is 6.31.